The summed E-state index contributed by atoms with van der Waals surface area (Å²) < 4.78 is 0. The molecule has 1 aliphatic rings. The molecule has 1 fully saturated rings. The fraction of sp³-hybridized carbons (Fsp3) is 0.929. The molecule has 0 radical (unpaired) electrons. The van der Waals surface area contributed by atoms with E-state index >= 15 is 0 Å². The van der Waals surface area contributed by atoms with E-state index in [1.54, 1.807) is 0 Å². The van der Waals surface area contributed by atoms with Crippen LogP contribution in [0.3, 0.4) is 0 Å². The van der Waals surface area contributed by atoms with Gasteiger partial charge in [-0.25, -0.2) is 0 Å². The first-order valence-electron chi connectivity index (χ1n) is 7.21. The van der Waals surface area contributed by atoms with E-state index in [9.17, 15) is 9.90 Å². The van der Waals surface area contributed by atoms with E-state index in [2.05, 4.69) is 12.2 Å². The van der Waals surface area contributed by atoms with Gasteiger partial charge in [0.25, 0.3) is 0 Å². The van der Waals surface area contributed by atoms with E-state index in [1.807, 2.05) is 0 Å². The molecule has 2 N–H and O–H groups in total. The van der Waals surface area contributed by atoms with Gasteiger partial charge in [-0.05, 0) is 19.3 Å². The lowest BCUT2D eigenvalue weighted by Crippen LogP contribution is -2.44. The summed E-state index contributed by atoms with van der Waals surface area (Å²) in [6.45, 7) is 2.19. The van der Waals surface area contributed by atoms with Crippen molar-refractivity contribution in [1.29, 1.82) is 0 Å². The van der Waals surface area contributed by atoms with Crippen LogP contribution in [0.2, 0.25) is 0 Å². The number of hydrogen-bond acceptors (Lipinski definition) is 2. The lowest BCUT2D eigenvalue weighted by Gasteiger charge is -2.28. The molecule has 3 heteroatoms. The topological polar surface area (TPSA) is 49.3 Å². The number of carbonyl (C=O) groups is 1. The SMILES string of the molecule is CCCCCCCC(=O)N[C@@H]1CCCC[C@@H]1O. The second-order valence-corrected chi connectivity index (χ2v) is 5.19. The highest BCUT2D eigenvalue weighted by Gasteiger charge is 2.23. The Morgan fingerprint density at radius 3 is 2.59 bits per heavy atom. The zero-order valence-corrected chi connectivity index (χ0v) is 11.1. The van der Waals surface area contributed by atoms with Crippen molar-refractivity contribution in [3.63, 3.8) is 0 Å². The van der Waals surface area contributed by atoms with Crippen molar-refractivity contribution in [2.75, 3.05) is 0 Å². The first-order chi connectivity index (χ1) is 8.24. The summed E-state index contributed by atoms with van der Waals surface area (Å²) >= 11 is 0. The molecular formula is C14H27NO2. The highest BCUT2D eigenvalue weighted by atomic mass is 16.3. The maximum atomic E-state index is 11.7. The average molecular weight is 241 g/mol. The molecule has 1 aliphatic carbocycles. The molecule has 0 bridgehead atoms. The molecular weight excluding hydrogens is 214 g/mol. The van der Waals surface area contributed by atoms with E-state index in [1.165, 1.54) is 19.3 Å². The van der Waals surface area contributed by atoms with Crippen molar-refractivity contribution in [3.8, 4) is 0 Å². The molecule has 0 aromatic heterocycles. The van der Waals surface area contributed by atoms with Crippen LogP contribution in [-0.2, 0) is 4.79 Å². The van der Waals surface area contributed by atoms with Crippen LogP contribution in [0.25, 0.3) is 0 Å². The van der Waals surface area contributed by atoms with Gasteiger partial charge in [0.15, 0.2) is 0 Å². The molecule has 1 rings (SSSR count). The predicted octanol–water partition coefficient (Wildman–Crippen LogP) is 2.77. The van der Waals surface area contributed by atoms with E-state index in [0.717, 1.165) is 38.5 Å². The van der Waals surface area contributed by atoms with Crippen molar-refractivity contribution >= 4 is 5.91 Å². The Bertz CT molecular complexity index is 218. The maximum absolute atomic E-state index is 11.7. The van der Waals surface area contributed by atoms with Crippen LogP contribution in [0, 0.1) is 0 Å². The maximum Gasteiger partial charge on any atom is 0.220 e. The molecule has 2 atom stereocenters. The number of hydrogen-bond donors (Lipinski definition) is 2. The fourth-order valence-corrected chi connectivity index (χ4v) is 2.45. The molecule has 0 aromatic rings. The van der Waals surface area contributed by atoms with Crippen molar-refractivity contribution in [1.82, 2.24) is 5.32 Å². The van der Waals surface area contributed by atoms with E-state index < -0.39 is 0 Å². The number of rotatable bonds is 7. The number of amides is 1. The zero-order chi connectivity index (χ0) is 12.5. The minimum absolute atomic E-state index is 0.00638. The summed E-state index contributed by atoms with van der Waals surface area (Å²) in [5.74, 6) is 0.118. The molecule has 0 saturated heterocycles. The molecule has 100 valence electrons. The highest BCUT2D eigenvalue weighted by Crippen LogP contribution is 2.18. The van der Waals surface area contributed by atoms with Crippen LogP contribution in [0.5, 0.6) is 0 Å². The van der Waals surface area contributed by atoms with Gasteiger partial charge >= 0.3 is 0 Å². The number of nitrogens with one attached hydrogen (secondary N) is 1. The Hall–Kier alpha value is -0.570. The first kappa shape index (κ1) is 14.5. The molecule has 1 amide bonds. The van der Waals surface area contributed by atoms with E-state index in [-0.39, 0.29) is 18.1 Å². The third kappa shape index (κ3) is 6.06. The quantitative estimate of drug-likeness (QED) is 0.673. The van der Waals surface area contributed by atoms with Gasteiger partial charge in [0.05, 0.1) is 12.1 Å². The van der Waals surface area contributed by atoms with E-state index in [0.29, 0.717) is 6.42 Å². The molecule has 0 aliphatic heterocycles. The summed E-state index contributed by atoms with van der Waals surface area (Å²) in [6.07, 6.45) is 10.1. The number of aliphatic hydroxyl groups excluding tert-OH is 1. The van der Waals surface area contributed by atoms with Gasteiger partial charge in [-0.15, -0.1) is 0 Å². The number of unbranched alkanes of at least 4 members (excludes halogenated alkanes) is 4. The molecule has 0 spiro atoms. The number of carbonyl (C=O) groups excluding carboxylic acids is 1. The van der Waals surface area contributed by atoms with Crippen molar-refractivity contribution < 1.29 is 9.90 Å². The third-order valence-electron chi connectivity index (χ3n) is 3.58. The molecule has 1 saturated carbocycles. The van der Waals surface area contributed by atoms with Crippen LogP contribution in [0.15, 0.2) is 0 Å². The normalized spacial score (nSPS) is 24.6. The second kappa shape index (κ2) is 8.51. The Morgan fingerprint density at radius 2 is 1.88 bits per heavy atom. The van der Waals surface area contributed by atoms with Gasteiger partial charge in [0.2, 0.25) is 5.91 Å². The largest absolute Gasteiger partial charge is 0.391 e. The van der Waals surface area contributed by atoms with Gasteiger partial charge in [-0.2, -0.15) is 0 Å². The Balaban J connectivity index is 2.07. The van der Waals surface area contributed by atoms with Crippen LogP contribution in [-0.4, -0.2) is 23.2 Å². The van der Waals surface area contributed by atoms with Crippen LogP contribution < -0.4 is 5.32 Å². The summed E-state index contributed by atoms with van der Waals surface area (Å²) in [6, 6.07) is 0.00638. The van der Waals surface area contributed by atoms with Gasteiger partial charge in [0, 0.05) is 6.42 Å². The Kier molecular flexibility index (Phi) is 7.25. The standard InChI is InChI=1S/C14H27NO2/c1-2-3-4-5-6-11-14(17)15-12-9-7-8-10-13(12)16/h12-13,16H,2-11H2,1H3,(H,15,17)/t12-,13+/m1/s1. The zero-order valence-electron chi connectivity index (χ0n) is 11.1. The predicted molar refractivity (Wildman–Crippen MR) is 69.8 cm³/mol. The third-order valence-corrected chi connectivity index (χ3v) is 3.58. The second-order valence-electron chi connectivity index (χ2n) is 5.19. The van der Waals surface area contributed by atoms with Crippen LogP contribution in [0.4, 0.5) is 0 Å². The van der Waals surface area contributed by atoms with Crippen molar-refractivity contribution in [2.24, 2.45) is 0 Å². The summed E-state index contributed by atoms with van der Waals surface area (Å²) in [5.41, 5.74) is 0. The van der Waals surface area contributed by atoms with Gasteiger partial charge in [-0.1, -0.05) is 45.4 Å². The minimum Gasteiger partial charge on any atom is -0.391 e. The minimum atomic E-state index is -0.326. The molecule has 0 unspecified atom stereocenters. The average Bonchev–Trinajstić information content (AvgIpc) is 2.32. The van der Waals surface area contributed by atoms with E-state index in [4.69, 9.17) is 0 Å². The smallest absolute Gasteiger partial charge is 0.220 e. The lowest BCUT2D eigenvalue weighted by molar-refractivity contribution is -0.123. The lowest BCUT2D eigenvalue weighted by atomic mass is 9.92. The Labute approximate surface area is 105 Å². The first-order valence-corrected chi connectivity index (χ1v) is 7.21. The summed E-state index contributed by atoms with van der Waals surface area (Å²) in [7, 11) is 0. The highest BCUT2D eigenvalue weighted by molar-refractivity contribution is 5.76. The Morgan fingerprint density at radius 1 is 1.18 bits per heavy atom. The summed E-state index contributed by atoms with van der Waals surface area (Å²) in [5, 5.41) is 12.7. The van der Waals surface area contributed by atoms with Crippen LogP contribution >= 0.6 is 0 Å². The monoisotopic (exact) mass is 241 g/mol. The molecule has 0 aromatic carbocycles. The van der Waals surface area contributed by atoms with Crippen molar-refractivity contribution in [2.45, 2.75) is 83.3 Å². The van der Waals surface area contributed by atoms with Gasteiger partial charge in [0.1, 0.15) is 0 Å². The molecule has 0 heterocycles. The van der Waals surface area contributed by atoms with Crippen LogP contribution in [0.1, 0.15) is 71.1 Å². The molecule has 17 heavy (non-hydrogen) atoms. The number of aliphatic hydroxyl groups is 1. The summed E-state index contributed by atoms with van der Waals surface area (Å²) in [4.78, 5) is 11.7. The fourth-order valence-electron chi connectivity index (χ4n) is 2.45. The molecule has 3 nitrogen and oxygen atoms in total. The van der Waals surface area contributed by atoms with Gasteiger partial charge in [-0.3, -0.25) is 4.79 Å². The van der Waals surface area contributed by atoms with Gasteiger partial charge < -0.3 is 10.4 Å². The van der Waals surface area contributed by atoms with Crippen molar-refractivity contribution in [3.05, 3.63) is 0 Å².